The van der Waals surface area contributed by atoms with Crippen molar-refractivity contribution in [2.75, 3.05) is 7.11 Å². The molecule has 4 aliphatic carbocycles. The first kappa shape index (κ1) is 17.3. The monoisotopic (exact) mass is 346 g/mol. The van der Waals surface area contributed by atoms with E-state index in [2.05, 4.69) is 20.4 Å². The lowest BCUT2D eigenvalue weighted by atomic mass is 9.40. The molecule has 0 aromatic rings. The number of methoxy groups -OCH3 is 1. The van der Waals surface area contributed by atoms with Crippen molar-refractivity contribution >= 4 is 11.8 Å². The molecule has 0 unspecified atom stereocenters. The van der Waals surface area contributed by atoms with Crippen molar-refractivity contribution in [3.63, 3.8) is 0 Å². The highest BCUT2D eigenvalue weighted by molar-refractivity contribution is 6.04. The molecule has 0 saturated heterocycles. The van der Waals surface area contributed by atoms with Gasteiger partial charge in [-0.1, -0.05) is 19.9 Å². The van der Waals surface area contributed by atoms with Crippen LogP contribution in [0.1, 0.15) is 65.2 Å². The topological polar surface area (TPSA) is 63.6 Å². The second-order valence-corrected chi connectivity index (χ2v) is 9.62. The number of carbonyl (C=O) groups excluding carboxylic acids is 2. The predicted octanol–water partition coefficient (Wildman–Crippen LogP) is 3.42. The minimum absolute atomic E-state index is 0.0545. The molecule has 2 bridgehead atoms. The lowest BCUT2D eigenvalue weighted by molar-refractivity contribution is -0.189. The van der Waals surface area contributed by atoms with E-state index in [0.717, 1.165) is 38.5 Å². The molecule has 4 rings (SSSR count). The lowest BCUT2D eigenvalue weighted by Gasteiger charge is -2.63. The number of hydrogen-bond donors (Lipinski definition) is 1. The maximum atomic E-state index is 13.2. The molecule has 4 fully saturated rings. The van der Waals surface area contributed by atoms with Crippen molar-refractivity contribution in [1.82, 2.24) is 0 Å². The van der Waals surface area contributed by atoms with E-state index in [-0.39, 0.29) is 29.0 Å². The van der Waals surface area contributed by atoms with Gasteiger partial charge in [-0.25, -0.2) is 0 Å². The summed E-state index contributed by atoms with van der Waals surface area (Å²) in [5, 5.41) is 10.9. The van der Waals surface area contributed by atoms with E-state index in [0.29, 0.717) is 18.4 Å². The van der Waals surface area contributed by atoms with Crippen LogP contribution < -0.4 is 0 Å². The second-order valence-electron chi connectivity index (χ2n) is 9.62. The van der Waals surface area contributed by atoms with Gasteiger partial charge in [-0.05, 0) is 69.1 Å². The van der Waals surface area contributed by atoms with Gasteiger partial charge < -0.3 is 9.84 Å². The summed E-state index contributed by atoms with van der Waals surface area (Å²) in [6.07, 6.45) is 6.55. The van der Waals surface area contributed by atoms with Gasteiger partial charge >= 0.3 is 5.97 Å². The Kier molecular flexibility index (Phi) is 3.43. The van der Waals surface area contributed by atoms with Gasteiger partial charge in [0.2, 0.25) is 0 Å². The maximum absolute atomic E-state index is 13.2. The molecule has 25 heavy (non-hydrogen) atoms. The molecule has 0 aromatic carbocycles. The molecule has 4 nitrogen and oxygen atoms in total. The highest BCUT2D eigenvalue weighted by atomic mass is 16.5. The number of Topliss-reactive ketones (excluding diaryl/α,β-unsaturated/α-hetero) is 1. The highest BCUT2D eigenvalue weighted by Gasteiger charge is 2.71. The number of esters is 1. The van der Waals surface area contributed by atoms with Gasteiger partial charge in [0.05, 0.1) is 18.1 Å². The van der Waals surface area contributed by atoms with Crippen LogP contribution in [-0.2, 0) is 14.3 Å². The summed E-state index contributed by atoms with van der Waals surface area (Å²) >= 11 is 0. The Morgan fingerprint density at radius 3 is 2.52 bits per heavy atom. The average molecular weight is 346 g/mol. The molecule has 4 saturated carbocycles. The van der Waals surface area contributed by atoms with Crippen molar-refractivity contribution in [3.8, 4) is 0 Å². The van der Waals surface area contributed by atoms with E-state index in [4.69, 9.17) is 4.74 Å². The molecule has 0 aliphatic heterocycles. The summed E-state index contributed by atoms with van der Waals surface area (Å²) in [7, 11) is 1.48. The number of hydrogen-bond acceptors (Lipinski definition) is 4. The van der Waals surface area contributed by atoms with Crippen molar-refractivity contribution < 1.29 is 19.4 Å². The summed E-state index contributed by atoms with van der Waals surface area (Å²) in [5.74, 6) is 0.469. The zero-order valence-electron chi connectivity index (χ0n) is 15.7. The lowest BCUT2D eigenvalue weighted by Crippen LogP contribution is -2.60. The Bertz CT molecular complexity index is 669. The van der Waals surface area contributed by atoms with Crippen molar-refractivity contribution in [2.24, 2.45) is 28.1 Å². The zero-order chi connectivity index (χ0) is 18.3. The van der Waals surface area contributed by atoms with Gasteiger partial charge in [-0.3, -0.25) is 9.59 Å². The van der Waals surface area contributed by atoms with Gasteiger partial charge in [0.15, 0.2) is 5.78 Å². The van der Waals surface area contributed by atoms with Gasteiger partial charge in [0.1, 0.15) is 0 Å². The third-order valence-corrected chi connectivity index (χ3v) is 8.71. The first-order valence-corrected chi connectivity index (χ1v) is 9.69. The van der Waals surface area contributed by atoms with Gasteiger partial charge in [0, 0.05) is 11.0 Å². The van der Waals surface area contributed by atoms with Crippen LogP contribution in [0.5, 0.6) is 0 Å². The van der Waals surface area contributed by atoms with Crippen molar-refractivity contribution in [1.29, 1.82) is 0 Å². The van der Waals surface area contributed by atoms with Crippen LogP contribution in [0.15, 0.2) is 12.2 Å². The molecule has 0 heterocycles. The molecule has 1 N–H and O–H groups in total. The number of rotatable bonds is 1. The second kappa shape index (κ2) is 4.97. The Balaban J connectivity index is 1.78. The fourth-order valence-electron chi connectivity index (χ4n) is 7.60. The quantitative estimate of drug-likeness (QED) is 0.584. The first-order valence-electron chi connectivity index (χ1n) is 9.69. The summed E-state index contributed by atoms with van der Waals surface area (Å²) in [6, 6.07) is 0. The summed E-state index contributed by atoms with van der Waals surface area (Å²) in [4.78, 5) is 25.8. The molecular formula is C21H30O4. The largest absolute Gasteiger partial charge is 0.469 e. The standard InChI is InChI=1S/C21H30O4/c1-13-16(22)20-10-6-14-18(2,15(20)7-11-21(13,24)12-20)8-5-9-19(14,3)17(23)25-4/h14-15,24H,1,5-12H2,2-4H3/t14-,15-,18+,19-,20+,21-/m1/s1. The highest BCUT2D eigenvalue weighted by Crippen LogP contribution is 2.71. The molecule has 4 aliphatic rings. The van der Waals surface area contributed by atoms with Crippen molar-refractivity contribution in [3.05, 3.63) is 12.2 Å². The molecule has 0 radical (unpaired) electrons. The summed E-state index contributed by atoms with van der Waals surface area (Å²) in [5.41, 5.74) is -1.53. The minimum atomic E-state index is -0.989. The smallest absolute Gasteiger partial charge is 0.311 e. The van der Waals surface area contributed by atoms with Gasteiger partial charge in [0.25, 0.3) is 0 Å². The third-order valence-electron chi connectivity index (χ3n) is 8.71. The number of ether oxygens (including phenoxy) is 1. The van der Waals surface area contributed by atoms with E-state index in [1.807, 2.05) is 0 Å². The van der Waals surface area contributed by atoms with E-state index in [1.54, 1.807) is 0 Å². The number of ketones is 1. The summed E-state index contributed by atoms with van der Waals surface area (Å²) in [6.45, 7) is 8.32. The van der Waals surface area contributed by atoms with Gasteiger partial charge in [-0.2, -0.15) is 0 Å². The number of carbonyl (C=O) groups is 2. The molecule has 6 atom stereocenters. The molecular weight excluding hydrogens is 316 g/mol. The summed E-state index contributed by atoms with van der Waals surface area (Å²) < 4.78 is 5.18. The number of aliphatic hydroxyl groups is 1. The third kappa shape index (κ3) is 1.87. The average Bonchev–Trinajstić information content (AvgIpc) is 2.71. The molecule has 1 spiro atoms. The van der Waals surface area contributed by atoms with E-state index in [9.17, 15) is 14.7 Å². The van der Waals surface area contributed by atoms with E-state index >= 15 is 0 Å². The molecule has 138 valence electrons. The van der Waals surface area contributed by atoms with Crippen LogP contribution in [0.2, 0.25) is 0 Å². The molecule has 0 amide bonds. The van der Waals surface area contributed by atoms with Crippen LogP contribution in [-0.4, -0.2) is 29.6 Å². The Labute approximate surface area is 150 Å². The van der Waals surface area contributed by atoms with Crippen LogP contribution in [0, 0.1) is 28.1 Å². The Hall–Kier alpha value is -1.16. The van der Waals surface area contributed by atoms with E-state index < -0.39 is 16.4 Å². The molecule has 0 aromatic heterocycles. The normalized spacial score (nSPS) is 51.7. The fraction of sp³-hybridized carbons (Fsp3) is 0.810. The maximum Gasteiger partial charge on any atom is 0.311 e. The minimum Gasteiger partial charge on any atom is -0.469 e. The van der Waals surface area contributed by atoms with Crippen LogP contribution in [0.25, 0.3) is 0 Å². The number of fused-ring (bicyclic) bond motifs is 3. The van der Waals surface area contributed by atoms with Gasteiger partial charge in [-0.15, -0.1) is 0 Å². The first-order chi connectivity index (χ1) is 11.6. The van der Waals surface area contributed by atoms with Crippen LogP contribution >= 0.6 is 0 Å². The predicted molar refractivity (Wildman–Crippen MR) is 93.7 cm³/mol. The Morgan fingerprint density at radius 1 is 1.16 bits per heavy atom. The van der Waals surface area contributed by atoms with E-state index in [1.165, 1.54) is 7.11 Å². The fourth-order valence-corrected chi connectivity index (χ4v) is 7.60. The zero-order valence-corrected chi connectivity index (χ0v) is 15.7. The van der Waals surface area contributed by atoms with Crippen molar-refractivity contribution in [2.45, 2.75) is 70.8 Å². The van der Waals surface area contributed by atoms with Crippen LogP contribution in [0.3, 0.4) is 0 Å². The SMILES string of the molecule is C=C1C(=O)[C@]23CC[C@@H]4[C@](C)(CCC[C@@]4(C)C(=O)OC)[C@H]2CC[C@@]1(O)C3. The molecule has 4 heteroatoms. The Morgan fingerprint density at radius 2 is 1.84 bits per heavy atom. The van der Waals surface area contributed by atoms with Crippen LogP contribution in [0.4, 0.5) is 0 Å².